The molecule has 1 N–H and O–H groups in total. The van der Waals surface area contributed by atoms with Gasteiger partial charge in [0.25, 0.3) is 5.91 Å². The van der Waals surface area contributed by atoms with Crippen LogP contribution in [-0.4, -0.2) is 20.1 Å². The predicted octanol–water partition coefficient (Wildman–Crippen LogP) is 4.32. The minimum atomic E-state index is -0.292. The molecule has 7 heteroatoms. The number of hydrogen-bond acceptors (Lipinski definition) is 4. The number of rotatable bonds is 4. The molecule has 106 valence electrons. The molecule has 0 saturated heterocycles. The van der Waals surface area contributed by atoms with Crippen LogP contribution in [0.3, 0.4) is 0 Å². The molecule has 20 heavy (non-hydrogen) atoms. The SMILES string of the molecule is COc1cc(NC(=O)c2cc(Cl)c(Cl)s2)cc(OC)c1. The van der Waals surface area contributed by atoms with Crippen molar-refractivity contribution < 1.29 is 14.3 Å². The van der Waals surface area contributed by atoms with Gasteiger partial charge in [0.1, 0.15) is 15.8 Å². The van der Waals surface area contributed by atoms with Gasteiger partial charge >= 0.3 is 0 Å². The van der Waals surface area contributed by atoms with E-state index in [1.807, 2.05) is 0 Å². The summed E-state index contributed by atoms with van der Waals surface area (Å²) in [5.41, 5.74) is 0.562. The molecule has 1 heterocycles. The zero-order chi connectivity index (χ0) is 14.7. The van der Waals surface area contributed by atoms with Crippen LogP contribution in [-0.2, 0) is 0 Å². The third kappa shape index (κ3) is 3.36. The minimum absolute atomic E-state index is 0.292. The molecule has 0 bridgehead atoms. The highest BCUT2D eigenvalue weighted by atomic mass is 35.5. The van der Waals surface area contributed by atoms with Crippen LogP contribution in [0.25, 0.3) is 0 Å². The zero-order valence-corrected chi connectivity index (χ0v) is 13.0. The van der Waals surface area contributed by atoms with Gasteiger partial charge in [-0.25, -0.2) is 0 Å². The minimum Gasteiger partial charge on any atom is -0.497 e. The van der Waals surface area contributed by atoms with Crippen molar-refractivity contribution in [2.24, 2.45) is 0 Å². The van der Waals surface area contributed by atoms with E-state index in [-0.39, 0.29) is 5.91 Å². The number of carbonyl (C=O) groups excluding carboxylic acids is 1. The van der Waals surface area contributed by atoms with Gasteiger partial charge in [-0.2, -0.15) is 0 Å². The lowest BCUT2D eigenvalue weighted by Crippen LogP contribution is -2.10. The van der Waals surface area contributed by atoms with E-state index in [1.54, 1.807) is 32.4 Å². The van der Waals surface area contributed by atoms with Crippen LogP contribution in [0.5, 0.6) is 11.5 Å². The lowest BCUT2D eigenvalue weighted by Gasteiger charge is -2.09. The fourth-order valence-electron chi connectivity index (χ4n) is 1.53. The van der Waals surface area contributed by atoms with Crippen molar-refractivity contribution in [1.82, 2.24) is 0 Å². The first-order chi connectivity index (χ1) is 9.53. The van der Waals surface area contributed by atoms with Gasteiger partial charge in [-0.1, -0.05) is 23.2 Å². The van der Waals surface area contributed by atoms with Crippen molar-refractivity contribution in [3.63, 3.8) is 0 Å². The van der Waals surface area contributed by atoms with Crippen LogP contribution in [0.15, 0.2) is 24.3 Å². The number of benzene rings is 1. The summed E-state index contributed by atoms with van der Waals surface area (Å²) in [6.07, 6.45) is 0. The van der Waals surface area contributed by atoms with E-state index in [4.69, 9.17) is 32.7 Å². The quantitative estimate of drug-likeness (QED) is 0.907. The van der Waals surface area contributed by atoms with Gasteiger partial charge in [0.05, 0.1) is 24.1 Å². The molecule has 1 aromatic heterocycles. The number of ether oxygens (including phenoxy) is 2. The van der Waals surface area contributed by atoms with Crippen molar-refractivity contribution in [2.75, 3.05) is 19.5 Å². The van der Waals surface area contributed by atoms with Gasteiger partial charge in [0.15, 0.2) is 0 Å². The first-order valence-corrected chi connectivity index (χ1v) is 7.10. The smallest absolute Gasteiger partial charge is 0.265 e. The second-order valence-corrected chi connectivity index (χ2v) is 5.85. The summed E-state index contributed by atoms with van der Waals surface area (Å²) in [7, 11) is 3.08. The highest BCUT2D eigenvalue weighted by Crippen LogP contribution is 2.32. The second-order valence-electron chi connectivity index (χ2n) is 3.79. The molecule has 0 aliphatic carbocycles. The van der Waals surface area contributed by atoms with Gasteiger partial charge in [-0.3, -0.25) is 4.79 Å². The largest absolute Gasteiger partial charge is 0.497 e. The van der Waals surface area contributed by atoms with Gasteiger partial charge in [-0.05, 0) is 6.07 Å². The van der Waals surface area contributed by atoms with E-state index in [0.717, 1.165) is 11.3 Å². The number of carbonyl (C=O) groups is 1. The molecule has 0 atom stereocenters. The lowest BCUT2D eigenvalue weighted by atomic mass is 10.2. The highest BCUT2D eigenvalue weighted by Gasteiger charge is 2.13. The average Bonchev–Trinajstić information content (AvgIpc) is 2.78. The Morgan fingerprint density at radius 1 is 1.10 bits per heavy atom. The van der Waals surface area contributed by atoms with Gasteiger partial charge in [-0.15, -0.1) is 11.3 Å². The molecule has 0 aliphatic rings. The van der Waals surface area contributed by atoms with Crippen LogP contribution in [0.4, 0.5) is 5.69 Å². The molecule has 4 nitrogen and oxygen atoms in total. The van der Waals surface area contributed by atoms with Crippen LogP contribution in [0.1, 0.15) is 9.67 Å². The van der Waals surface area contributed by atoms with Crippen LogP contribution >= 0.6 is 34.5 Å². The lowest BCUT2D eigenvalue weighted by molar-refractivity contribution is 0.103. The monoisotopic (exact) mass is 331 g/mol. The molecule has 2 rings (SSSR count). The number of halogens is 2. The van der Waals surface area contributed by atoms with E-state index in [2.05, 4.69) is 5.32 Å². The average molecular weight is 332 g/mol. The number of thiophene rings is 1. The van der Waals surface area contributed by atoms with E-state index in [0.29, 0.717) is 31.4 Å². The summed E-state index contributed by atoms with van der Waals surface area (Å²) >= 11 is 12.8. The van der Waals surface area contributed by atoms with Crippen molar-refractivity contribution in [3.8, 4) is 11.5 Å². The Kier molecular flexibility index (Phi) is 4.75. The van der Waals surface area contributed by atoms with Crippen molar-refractivity contribution in [2.45, 2.75) is 0 Å². The summed E-state index contributed by atoms with van der Waals surface area (Å²) in [6, 6.07) is 6.63. The Bertz CT molecular complexity index is 601. The standard InChI is InChI=1S/C13H11Cl2NO3S/c1-18-8-3-7(4-9(5-8)19-2)16-13(17)11-6-10(14)12(15)20-11/h3-6H,1-2H3,(H,16,17). The molecule has 0 spiro atoms. The van der Waals surface area contributed by atoms with E-state index in [1.165, 1.54) is 6.07 Å². The van der Waals surface area contributed by atoms with Crippen LogP contribution < -0.4 is 14.8 Å². The molecule has 0 aliphatic heterocycles. The number of hydrogen-bond donors (Lipinski definition) is 1. The van der Waals surface area contributed by atoms with Crippen LogP contribution in [0, 0.1) is 0 Å². The third-order valence-corrected chi connectivity index (χ3v) is 4.34. The summed E-state index contributed by atoms with van der Waals surface area (Å²) < 4.78 is 10.7. The predicted molar refractivity (Wildman–Crippen MR) is 81.8 cm³/mol. The molecule has 0 radical (unpaired) electrons. The van der Waals surface area contributed by atoms with E-state index in [9.17, 15) is 4.79 Å². The molecular weight excluding hydrogens is 321 g/mol. The van der Waals surface area contributed by atoms with E-state index < -0.39 is 0 Å². The van der Waals surface area contributed by atoms with Crippen molar-refractivity contribution >= 4 is 46.1 Å². The molecule has 0 saturated carbocycles. The zero-order valence-electron chi connectivity index (χ0n) is 10.7. The first-order valence-electron chi connectivity index (χ1n) is 5.52. The number of nitrogens with one attached hydrogen (secondary N) is 1. The van der Waals surface area contributed by atoms with Crippen molar-refractivity contribution in [1.29, 1.82) is 0 Å². The maximum atomic E-state index is 12.1. The maximum absolute atomic E-state index is 12.1. The number of amides is 1. The number of methoxy groups -OCH3 is 2. The molecule has 2 aromatic rings. The Labute approximate surface area is 130 Å². The Hall–Kier alpha value is -1.43. The number of anilines is 1. The van der Waals surface area contributed by atoms with Gasteiger partial charge in [0, 0.05) is 23.9 Å². The van der Waals surface area contributed by atoms with Crippen molar-refractivity contribution in [3.05, 3.63) is 38.5 Å². The summed E-state index contributed by atoms with van der Waals surface area (Å²) in [6.45, 7) is 0. The van der Waals surface area contributed by atoms with Gasteiger partial charge in [0.2, 0.25) is 0 Å². The first kappa shape index (κ1) is 15.0. The molecule has 1 amide bonds. The Morgan fingerprint density at radius 2 is 1.70 bits per heavy atom. The van der Waals surface area contributed by atoms with E-state index >= 15 is 0 Å². The summed E-state index contributed by atoms with van der Waals surface area (Å²) in [4.78, 5) is 12.5. The Morgan fingerprint density at radius 3 is 2.15 bits per heavy atom. The molecule has 0 unspecified atom stereocenters. The fourth-order valence-corrected chi connectivity index (χ4v) is 2.79. The summed E-state index contributed by atoms with van der Waals surface area (Å²) in [5.74, 6) is 0.878. The second kappa shape index (κ2) is 6.35. The molecular formula is C13H11Cl2NO3S. The topological polar surface area (TPSA) is 47.6 Å². The normalized spacial score (nSPS) is 10.2. The molecule has 0 fully saturated rings. The highest BCUT2D eigenvalue weighted by molar-refractivity contribution is 7.18. The van der Waals surface area contributed by atoms with Gasteiger partial charge < -0.3 is 14.8 Å². The molecule has 1 aromatic carbocycles. The fraction of sp³-hybridized carbons (Fsp3) is 0.154. The third-order valence-electron chi connectivity index (χ3n) is 2.48. The van der Waals surface area contributed by atoms with Crippen LogP contribution in [0.2, 0.25) is 9.36 Å². The maximum Gasteiger partial charge on any atom is 0.265 e. The Balaban J connectivity index is 2.22. The summed E-state index contributed by atoms with van der Waals surface area (Å²) in [5, 5.41) is 3.11.